The van der Waals surface area contributed by atoms with Crippen LogP contribution in [0.4, 0.5) is 0 Å². The zero-order chi connectivity index (χ0) is 13.2. The summed E-state index contributed by atoms with van der Waals surface area (Å²) < 4.78 is 9.15. The lowest BCUT2D eigenvalue weighted by molar-refractivity contribution is -0.151. The minimum atomic E-state index is -0.905. The molecule has 0 aromatic carbocycles. The highest BCUT2D eigenvalue weighted by Crippen LogP contribution is 2.32. The smallest absolute Gasteiger partial charge is 0.341 e. The van der Waals surface area contributed by atoms with Gasteiger partial charge in [-0.3, -0.25) is 9.59 Å². The zero-order valence-corrected chi connectivity index (χ0v) is 10.4. The second-order valence-electron chi connectivity index (χ2n) is 4.19. The zero-order valence-electron chi connectivity index (χ0n) is 10.4. The van der Waals surface area contributed by atoms with E-state index in [4.69, 9.17) is 0 Å². The molecule has 5 heteroatoms. The van der Waals surface area contributed by atoms with Crippen molar-refractivity contribution in [1.29, 1.82) is 0 Å². The fraction of sp³-hybridized carbons (Fsp3) is 0.583. The van der Waals surface area contributed by atoms with E-state index in [9.17, 15) is 14.4 Å². The molecule has 0 aromatic rings. The fourth-order valence-corrected chi connectivity index (χ4v) is 2.17. The van der Waals surface area contributed by atoms with Gasteiger partial charge in [-0.15, -0.1) is 0 Å². The van der Waals surface area contributed by atoms with Crippen molar-refractivity contribution in [1.82, 2.24) is 0 Å². The lowest BCUT2D eigenvalue weighted by Gasteiger charge is -2.27. The molecule has 0 saturated heterocycles. The number of ketones is 1. The molecule has 0 amide bonds. The molecule has 0 saturated carbocycles. The summed E-state index contributed by atoms with van der Waals surface area (Å²) in [5.74, 6) is -2.86. The quantitative estimate of drug-likeness (QED) is 0.407. The molecule has 0 N–H and O–H groups in total. The first kappa shape index (κ1) is 13.4. The fourth-order valence-electron chi connectivity index (χ4n) is 2.17. The first-order valence-electron chi connectivity index (χ1n) is 5.34. The molecule has 1 aliphatic rings. The van der Waals surface area contributed by atoms with Crippen molar-refractivity contribution in [2.45, 2.75) is 20.3 Å². The maximum Gasteiger partial charge on any atom is 0.341 e. The Morgan fingerprint density at radius 3 is 2.29 bits per heavy atom. The summed E-state index contributed by atoms with van der Waals surface area (Å²) in [7, 11) is 2.44. The van der Waals surface area contributed by atoms with Crippen molar-refractivity contribution in [3.63, 3.8) is 0 Å². The molecule has 1 rings (SSSR count). The van der Waals surface area contributed by atoms with Crippen LogP contribution in [0.25, 0.3) is 0 Å². The Morgan fingerprint density at radius 1 is 1.24 bits per heavy atom. The van der Waals surface area contributed by atoms with E-state index in [0.717, 1.165) is 0 Å². The lowest BCUT2D eigenvalue weighted by Crippen LogP contribution is -2.38. The predicted octanol–water partition coefficient (Wildman–Crippen LogP) is 0.874. The van der Waals surface area contributed by atoms with Crippen molar-refractivity contribution < 1.29 is 23.9 Å². The highest BCUT2D eigenvalue weighted by molar-refractivity contribution is 6.23. The van der Waals surface area contributed by atoms with E-state index >= 15 is 0 Å². The molecule has 0 aliphatic heterocycles. The summed E-state index contributed by atoms with van der Waals surface area (Å²) >= 11 is 0. The standard InChI is InChI=1S/C12H16O5/c1-6-5-7(2)9(12(15)17-4)10(13)8(6)11(14)16-3/h6,8H,5H2,1-4H3. The molecule has 1 aliphatic carbocycles. The maximum absolute atomic E-state index is 12.1. The molecule has 2 atom stereocenters. The van der Waals surface area contributed by atoms with Crippen LogP contribution in [0.2, 0.25) is 0 Å². The van der Waals surface area contributed by atoms with Crippen molar-refractivity contribution in [2.75, 3.05) is 14.2 Å². The normalized spacial score (nSPS) is 24.6. The van der Waals surface area contributed by atoms with Gasteiger partial charge in [0.2, 0.25) is 0 Å². The molecule has 0 bridgehead atoms. The van der Waals surface area contributed by atoms with Crippen LogP contribution in [0.15, 0.2) is 11.1 Å². The minimum Gasteiger partial charge on any atom is -0.468 e. The van der Waals surface area contributed by atoms with E-state index in [1.54, 1.807) is 13.8 Å². The average Bonchev–Trinajstić information content (AvgIpc) is 2.27. The Balaban J connectivity index is 3.15. The molecule has 0 radical (unpaired) electrons. The third-order valence-electron chi connectivity index (χ3n) is 3.00. The minimum absolute atomic E-state index is 0.0130. The Kier molecular flexibility index (Phi) is 4.04. The number of Topliss-reactive ketones (excluding diaryl/α,β-unsaturated/α-hetero) is 1. The number of ether oxygens (including phenoxy) is 2. The molecule has 5 nitrogen and oxygen atoms in total. The summed E-state index contributed by atoms with van der Waals surface area (Å²) in [6, 6.07) is 0. The van der Waals surface area contributed by atoms with E-state index in [1.807, 2.05) is 0 Å². The van der Waals surface area contributed by atoms with Crippen LogP contribution in [0, 0.1) is 11.8 Å². The number of allylic oxidation sites excluding steroid dienone is 1. The molecule has 0 heterocycles. The van der Waals surface area contributed by atoms with Gasteiger partial charge in [-0.25, -0.2) is 4.79 Å². The van der Waals surface area contributed by atoms with Gasteiger partial charge in [-0.2, -0.15) is 0 Å². The van der Waals surface area contributed by atoms with E-state index in [1.165, 1.54) is 14.2 Å². The van der Waals surface area contributed by atoms with Gasteiger partial charge in [0.25, 0.3) is 0 Å². The molecule has 0 fully saturated rings. The van der Waals surface area contributed by atoms with E-state index in [-0.39, 0.29) is 11.5 Å². The van der Waals surface area contributed by atoms with Crippen LogP contribution in [-0.2, 0) is 23.9 Å². The number of hydrogen-bond acceptors (Lipinski definition) is 5. The molecule has 17 heavy (non-hydrogen) atoms. The number of methoxy groups -OCH3 is 2. The third kappa shape index (κ3) is 2.38. The van der Waals surface area contributed by atoms with E-state index in [0.29, 0.717) is 12.0 Å². The monoisotopic (exact) mass is 240 g/mol. The topological polar surface area (TPSA) is 69.7 Å². The van der Waals surface area contributed by atoms with Gasteiger partial charge in [0.15, 0.2) is 5.78 Å². The maximum atomic E-state index is 12.1. The highest BCUT2D eigenvalue weighted by Gasteiger charge is 2.41. The molecule has 2 unspecified atom stereocenters. The van der Waals surface area contributed by atoms with E-state index in [2.05, 4.69) is 9.47 Å². The molecular formula is C12H16O5. The number of esters is 2. The first-order chi connectivity index (χ1) is 7.93. The summed E-state index contributed by atoms with van der Waals surface area (Å²) in [6.45, 7) is 3.49. The van der Waals surface area contributed by atoms with Gasteiger partial charge in [0.1, 0.15) is 11.5 Å². The highest BCUT2D eigenvalue weighted by atomic mass is 16.5. The van der Waals surface area contributed by atoms with Crippen molar-refractivity contribution in [3.05, 3.63) is 11.1 Å². The van der Waals surface area contributed by atoms with Crippen LogP contribution < -0.4 is 0 Å². The van der Waals surface area contributed by atoms with Crippen molar-refractivity contribution >= 4 is 17.7 Å². The number of carbonyl (C=O) groups is 3. The first-order valence-corrected chi connectivity index (χ1v) is 5.34. The summed E-state index contributed by atoms with van der Waals surface area (Å²) in [5.41, 5.74) is 0.649. The summed E-state index contributed by atoms with van der Waals surface area (Å²) in [6.07, 6.45) is 0.510. The molecule has 94 valence electrons. The largest absolute Gasteiger partial charge is 0.468 e. The van der Waals surface area contributed by atoms with Crippen LogP contribution in [0.1, 0.15) is 20.3 Å². The van der Waals surface area contributed by atoms with Gasteiger partial charge in [0.05, 0.1) is 14.2 Å². The van der Waals surface area contributed by atoms with Gasteiger partial charge in [0, 0.05) is 0 Å². The van der Waals surface area contributed by atoms with Crippen molar-refractivity contribution in [2.24, 2.45) is 11.8 Å². The van der Waals surface area contributed by atoms with Gasteiger partial charge < -0.3 is 9.47 Å². The summed E-state index contributed by atoms with van der Waals surface area (Å²) in [5, 5.41) is 0. The Labute approximate surface area is 99.8 Å². The summed E-state index contributed by atoms with van der Waals surface area (Å²) in [4.78, 5) is 35.1. The number of rotatable bonds is 2. The van der Waals surface area contributed by atoms with Crippen LogP contribution in [-0.4, -0.2) is 31.9 Å². The van der Waals surface area contributed by atoms with Crippen LogP contribution in [0.5, 0.6) is 0 Å². The Morgan fingerprint density at radius 2 is 1.82 bits per heavy atom. The van der Waals surface area contributed by atoms with Crippen LogP contribution in [0.3, 0.4) is 0 Å². The number of carbonyl (C=O) groups excluding carboxylic acids is 3. The average molecular weight is 240 g/mol. The molecule has 0 spiro atoms. The van der Waals surface area contributed by atoms with Gasteiger partial charge >= 0.3 is 11.9 Å². The SMILES string of the molecule is COC(=O)C1=C(C)CC(C)C(C(=O)OC)C1=O. The molecular weight excluding hydrogens is 224 g/mol. The Hall–Kier alpha value is -1.65. The van der Waals surface area contributed by atoms with Gasteiger partial charge in [-0.05, 0) is 19.3 Å². The number of hydrogen-bond donors (Lipinski definition) is 0. The van der Waals surface area contributed by atoms with Crippen molar-refractivity contribution in [3.8, 4) is 0 Å². The second kappa shape index (κ2) is 5.12. The Bertz CT molecular complexity index is 394. The third-order valence-corrected chi connectivity index (χ3v) is 3.00. The second-order valence-corrected chi connectivity index (χ2v) is 4.19. The molecule has 0 aromatic heterocycles. The van der Waals surface area contributed by atoms with Crippen LogP contribution >= 0.6 is 0 Å². The lowest BCUT2D eigenvalue weighted by atomic mass is 9.76. The van der Waals surface area contributed by atoms with E-state index < -0.39 is 23.6 Å². The predicted molar refractivity (Wildman–Crippen MR) is 59.0 cm³/mol. The van der Waals surface area contributed by atoms with Gasteiger partial charge in [-0.1, -0.05) is 12.5 Å².